The molecule has 2 aliphatic rings. The fourth-order valence-electron chi connectivity index (χ4n) is 3.08. The Kier molecular flexibility index (Phi) is 2.42. The normalized spacial score (nSPS) is 19.7. The summed E-state index contributed by atoms with van der Waals surface area (Å²) in [5, 5.41) is 0. The minimum Gasteiger partial charge on any atom is -0.218 e. The summed E-state index contributed by atoms with van der Waals surface area (Å²) in [6, 6.07) is 9.70. The Morgan fingerprint density at radius 3 is 1.36 bits per heavy atom. The molecule has 0 saturated heterocycles. The molecular formula is C16H12O4S2. The number of hydrogen-bond acceptors (Lipinski definition) is 4. The Hall–Kier alpha value is -1.92. The summed E-state index contributed by atoms with van der Waals surface area (Å²) >= 11 is 0. The fraction of sp³-hybridized carbons (Fsp3) is 0.125. The molecule has 2 heterocycles. The molecule has 0 spiro atoms. The molecule has 0 saturated carbocycles. The van der Waals surface area contributed by atoms with Crippen molar-refractivity contribution in [2.24, 2.45) is 0 Å². The van der Waals surface area contributed by atoms with Crippen molar-refractivity contribution in [1.82, 2.24) is 0 Å². The number of sulfone groups is 2. The van der Waals surface area contributed by atoms with E-state index in [2.05, 4.69) is 0 Å². The monoisotopic (exact) mass is 332 g/mol. The molecule has 4 rings (SSSR count). The zero-order chi connectivity index (χ0) is 15.9. The van der Waals surface area contributed by atoms with Crippen molar-refractivity contribution < 1.29 is 16.8 Å². The fourth-order valence-corrected chi connectivity index (χ4v) is 7.55. The van der Waals surface area contributed by atoms with Gasteiger partial charge in [-0.25, -0.2) is 16.8 Å². The van der Waals surface area contributed by atoms with E-state index in [1.54, 1.807) is 38.1 Å². The number of benzene rings is 2. The summed E-state index contributed by atoms with van der Waals surface area (Å²) < 4.78 is 51.3. The molecule has 0 bridgehead atoms. The van der Waals surface area contributed by atoms with E-state index in [1.165, 1.54) is 12.1 Å². The van der Waals surface area contributed by atoms with Crippen LogP contribution in [0, 0.1) is 13.8 Å². The molecule has 2 aromatic rings. The van der Waals surface area contributed by atoms with E-state index in [1.807, 2.05) is 0 Å². The molecule has 4 nitrogen and oxygen atoms in total. The van der Waals surface area contributed by atoms with Crippen LogP contribution in [0.5, 0.6) is 0 Å². The quantitative estimate of drug-likeness (QED) is 0.744. The van der Waals surface area contributed by atoms with Crippen LogP contribution in [-0.2, 0) is 19.7 Å². The van der Waals surface area contributed by atoms with Gasteiger partial charge in [0.25, 0.3) is 0 Å². The van der Waals surface area contributed by atoms with E-state index in [0.717, 1.165) is 11.1 Å². The SMILES string of the molecule is Cc1ccc2c(c1)S(=O)(=O)C1=C2S(=O)(=O)c2cc(C)ccc21. The van der Waals surface area contributed by atoms with Crippen molar-refractivity contribution in [2.45, 2.75) is 23.6 Å². The van der Waals surface area contributed by atoms with Crippen LogP contribution < -0.4 is 0 Å². The van der Waals surface area contributed by atoms with Crippen LogP contribution in [0.1, 0.15) is 22.3 Å². The van der Waals surface area contributed by atoms with Crippen LogP contribution >= 0.6 is 0 Å². The van der Waals surface area contributed by atoms with Gasteiger partial charge in [-0.2, -0.15) is 0 Å². The van der Waals surface area contributed by atoms with Gasteiger partial charge in [0.15, 0.2) is 0 Å². The number of rotatable bonds is 0. The molecule has 2 aromatic carbocycles. The third-order valence-corrected chi connectivity index (χ3v) is 7.97. The van der Waals surface area contributed by atoms with Crippen LogP contribution in [0.25, 0.3) is 9.81 Å². The number of hydrogen-bond donors (Lipinski definition) is 0. The van der Waals surface area contributed by atoms with Crippen LogP contribution in [0.2, 0.25) is 0 Å². The molecule has 0 N–H and O–H groups in total. The molecular weight excluding hydrogens is 320 g/mol. The molecule has 22 heavy (non-hydrogen) atoms. The van der Waals surface area contributed by atoms with Crippen molar-refractivity contribution >= 4 is 29.5 Å². The first-order chi connectivity index (χ1) is 10.2. The van der Waals surface area contributed by atoms with Gasteiger partial charge < -0.3 is 0 Å². The number of fused-ring (bicyclic) bond motifs is 4. The zero-order valence-electron chi connectivity index (χ0n) is 11.9. The summed E-state index contributed by atoms with van der Waals surface area (Å²) in [6.45, 7) is 3.57. The van der Waals surface area contributed by atoms with Gasteiger partial charge in [-0.15, -0.1) is 0 Å². The van der Waals surface area contributed by atoms with Crippen LogP contribution in [0.15, 0.2) is 46.2 Å². The average Bonchev–Trinajstić information content (AvgIpc) is 2.81. The summed E-state index contributed by atoms with van der Waals surface area (Å²) in [4.78, 5) is 0.0470. The van der Waals surface area contributed by atoms with Gasteiger partial charge >= 0.3 is 0 Å². The lowest BCUT2D eigenvalue weighted by Gasteiger charge is -2.09. The highest BCUT2D eigenvalue weighted by molar-refractivity contribution is 8.08. The van der Waals surface area contributed by atoms with E-state index in [4.69, 9.17) is 0 Å². The Morgan fingerprint density at radius 2 is 1.00 bits per heavy atom. The second kappa shape index (κ2) is 3.88. The van der Waals surface area contributed by atoms with Crippen molar-refractivity contribution in [3.8, 4) is 0 Å². The zero-order valence-corrected chi connectivity index (χ0v) is 13.5. The maximum Gasteiger partial charge on any atom is 0.209 e. The van der Waals surface area contributed by atoms with Crippen molar-refractivity contribution in [3.63, 3.8) is 0 Å². The number of aryl methyl sites for hydroxylation is 2. The maximum absolute atomic E-state index is 12.8. The maximum atomic E-state index is 12.8. The summed E-state index contributed by atoms with van der Waals surface area (Å²) in [6.07, 6.45) is 0. The van der Waals surface area contributed by atoms with Gasteiger partial charge in [0, 0.05) is 11.1 Å². The predicted molar refractivity (Wildman–Crippen MR) is 83.5 cm³/mol. The largest absolute Gasteiger partial charge is 0.218 e. The van der Waals surface area contributed by atoms with E-state index in [0.29, 0.717) is 0 Å². The molecule has 0 aliphatic carbocycles. The van der Waals surface area contributed by atoms with Gasteiger partial charge in [-0.3, -0.25) is 0 Å². The Balaban J connectivity index is 2.19. The molecule has 2 aliphatic heterocycles. The van der Waals surface area contributed by atoms with Crippen molar-refractivity contribution in [3.05, 3.63) is 58.7 Å². The minimum atomic E-state index is -3.80. The van der Waals surface area contributed by atoms with Crippen LogP contribution in [-0.4, -0.2) is 16.8 Å². The highest BCUT2D eigenvalue weighted by atomic mass is 32.2. The molecule has 0 atom stereocenters. The van der Waals surface area contributed by atoms with Gasteiger partial charge in [0.05, 0.1) is 19.6 Å². The standard InChI is InChI=1S/C16H12O4S2/c1-9-3-5-11-13(7-9)21(17,18)16-12-6-4-10(2)8-14(12)22(19,20)15(11)16/h3-8H,1-2H3. The Bertz CT molecular complexity index is 1020. The van der Waals surface area contributed by atoms with E-state index in [-0.39, 0.29) is 30.7 Å². The van der Waals surface area contributed by atoms with Gasteiger partial charge in [-0.1, -0.05) is 24.3 Å². The van der Waals surface area contributed by atoms with Crippen molar-refractivity contribution in [1.29, 1.82) is 0 Å². The first-order valence-corrected chi connectivity index (χ1v) is 9.68. The van der Waals surface area contributed by atoms with E-state index in [9.17, 15) is 16.8 Å². The molecule has 0 unspecified atom stereocenters. The predicted octanol–water partition coefficient (Wildman–Crippen LogP) is 2.70. The third kappa shape index (κ3) is 1.46. The Morgan fingerprint density at radius 1 is 0.636 bits per heavy atom. The highest BCUT2D eigenvalue weighted by Gasteiger charge is 2.48. The molecule has 0 amide bonds. The van der Waals surface area contributed by atoms with Gasteiger partial charge in [-0.05, 0) is 37.1 Å². The summed E-state index contributed by atoms with van der Waals surface area (Å²) in [7, 11) is -7.60. The summed E-state index contributed by atoms with van der Waals surface area (Å²) in [5.74, 6) is 0. The molecule has 0 fully saturated rings. The lowest BCUT2D eigenvalue weighted by Crippen LogP contribution is -2.04. The van der Waals surface area contributed by atoms with Crippen molar-refractivity contribution in [2.75, 3.05) is 0 Å². The average molecular weight is 332 g/mol. The third-order valence-electron chi connectivity index (χ3n) is 4.09. The van der Waals surface area contributed by atoms with Crippen LogP contribution in [0.4, 0.5) is 0 Å². The second-order valence-electron chi connectivity index (χ2n) is 5.66. The van der Waals surface area contributed by atoms with Gasteiger partial charge in [0.1, 0.15) is 0 Å². The molecule has 112 valence electrons. The molecule has 0 radical (unpaired) electrons. The summed E-state index contributed by atoms with van der Waals surface area (Å²) in [5.41, 5.74) is 2.14. The topological polar surface area (TPSA) is 68.3 Å². The van der Waals surface area contributed by atoms with E-state index >= 15 is 0 Å². The first kappa shape index (κ1) is 13.7. The molecule has 6 heteroatoms. The van der Waals surface area contributed by atoms with Gasteiger partial charge in [0.2, 0.25) is 19.7 Å². The molecule has 0 aromatic heterocycles. The smallest absolute Gasteiger partial charge is 0.209 e. The first-order valence-electron chi connectivity index (χ1n) is 6.71. The lowest BCUT2D eigenvalue weighted by atomic mass is 10.1. The minimum absolute atomic E-state index is 0.0666. The van der Waals surface area contributed by atoms with Crippen LogP contribution in [0.3, 0.4) is 0 Å². The highest BCUT2D eigenvalue weighted by Crippen LogP contribution is 2.54. The lowest BCUT2D eigenvalue weighted by molar-refractivity contribution is 0.606. The Labute approximate surface area is 128 Å². The second-order valence-corrected chi connectivity index (χ2v) is 9.37. The van der Waals surface area contributed by atoms with E-state index < -0.39 is 19.7 Å².